The van der Waals surface area contributed by atoms with Gasteiger partial charge in [-0.15, -0.1) is 0 Å². The van der Waals surface area contributed by atoms with Crippen LogP contribution in [0.1, 0.15) is 13.8 Å². The molecule has 0 aromatic heterocycles. The van der Waals surface area contributed by atoms with Crippen molar-refractivity contribution in [3.8, 4) is 0 Å². The van der Waals surface area contributed by atoms with Gasteiger partial charge in [0, 0.05) is 0 Å². The number of rotatable bonds is 2. The Balaban J connectivity index is 3.71. The molecule has 0 aliphatic carbocycles. The van der Waals surface area contributed by atoms with Gasteiger partial charge in [0.05, 0.1) is 0 Å². The number of hydrogen-bond donors (Lipinski definition) is 1. The van der Waals surface area contributed by atoms with Gasteiger partial charge in [0.1, 0.15) is 18.4 Å². The monoisotopic (exact) mass is 121 g/mol. The van der Waals surface area contributed by atoms with E-state index in [4.69, 9.17) is 5.11 Å². The molecular formula is C5H10FO2. The number of hydrogen-bond acceptors (Lipinski definition) is 1. The predicted molar refractivity (Wildman–Crippen MR) is 26.7 cm³/mol. The van der Waals surface area contributed by atoms with E-state index in [1.54, 1.807) is 0 Å². The van der Waals surface area contributed by atoms with Gasteiger partial charge in [-0.3, -0.25) is 0 Å². The van der Waals surface area contributed by atoms with Crippen LogP contribution in [0.4, 0.5) is 4.39 Å². The largest absolute Gasteiger partial charge is 0.385 e. The van der Waals surface area contributed by atoms with Gasteiger partial charge < -0.3 is 5.11 Å². The van der Waals surface area contributed by atoms with Crippen molar-refractivity contribution in [3.63, 3.8) is 0 Å². The van der Waals surface area contributed by atoms with Crippen LogP contribution < -0.4 is 0 Å². The summed E-state index contributed by atoms with van der Waals surface area (Å²) in [5.74, 6) is 0. The van der Waals surface area contributed by atoms with E-state index in [0.29, 0.717) is 0 Å². The Kier molecular flexibility index (Phi) is 2.37. The van der Waals surface area contributed by atoms with Crippen LogP contribution in [0.3, 0.4) is 0 Å². The lowest BCUT2D eigenvalue weighted by atomic mass is 10.0. The van der Waals surface area contributed by atoms with E-state index >= 15 is 0 Å². The minimum absolute atomic E-state index is 0.975. The van der Waals surface area contributed by atoms with Crippen LogP contribution in [-0.2, 0) is 5.11 Å². The summed E-state index contributed by atoms with van der Waals surface area (Å²) in [4.78, 5) is 0. The Bertz CT molecular complexity index is 70.8. The second-order valence-electron chi connectivity index (χ2n) is 2.13. The van der Waals surface area contributed by atoms with Gasteiger partial charge >= 0.3 is 0 Å². The van der Waals surface area contributed by atoms with E-state index in [2.05, 4.69) is 0 Å². The average molecular weight is 121 g/mol. The van der Waals surface area contributed by atoms with Crippen molar-refractivity contribution in [2.45, 2.75) is 25.6 Å². The molecule has 2 nitrogen and oxygen atoms in total. The Morgan fingerprint density at radius 3 is 2.25 bits per heavy atom. The van der Waals surface area contributed by atoms with Crippen LogP contribution >= 0.6 is 0 Å². The third-order valence-corrected chi connectivity index (χ3v) is 1.15. The molecule has 0 aromatic rings. The second kappa shape index (κ2) is 2.42. The predicted octanol–water partition coefficient (Wildman–Crippen LogP) is 0.526. The Labute approximate surface area is 48.0 Å². The van der Waals surface area contributed by atoms with Gasteiger partial charge in [0.25, 0.3) is 0 Å². The summed E-state index contributed by atoms with van der Waals surface area (Å²) < 4.78 is 11.6. The lowest BCUT2D eigenvalue weighted by molar-refractivity contribution is -0.0951. The van der Waals surface area contributed by atoms with Crippen molar-refractivity contribution in [3.05, 3.63) is 0 Å². The molecule has 1 radical (unpaired) electrons. The molecule has 3 heteroatoms. The summed E-state index contributed by atoms with van der Waals surface area (Å²) in [6, 6.07) is 0. The van der Waals surface area contributed by atoms with Crippen LogP contribution in [0, 0.1) is 0 Å². The molecule has 0 amide bonds. The van der Waals surface area contributed by atoms with Crippen molar-refractivity contribution in [2.24, 2.45) is 0 Å². The molecular weight excluding hydrogens is 111 g/mol. The summed E-state index contributed by atoms with van der Waals surface area (Å²) in [5, 5.41) is 19.0. The molecule has 0 heterocycles. The zero-order valence-electron chi connectivity index (χ0n) is 5.02. The molecule has 0 aliphatic heterocycles. The third-order valence-electron chi connectivity index (χ3n) is 1.15. The Morgan fingerprint density at radius 1 is 1.88 bits per heavy atom. The smallest absolute Gasteiger partial charge is 0.121 e. The van der Waals surface area contributed by atoms with Gasteiger partial charge in [0.2, 0.25) is 0 Å². The molecule has 0 fully saturated rings. The molecule has 0 bridgehead atoms. The van der Waals surface area contributed by atoms with Crippen molar-refractivity contribution in [2.75, 3.05) is 6.67 Å². The molecule has 0 rings (SSSR count). The summed E-state index contributed by atoms with van der Waals surface area (Å²) in [6.45, 7) is 1.45. The summed E-state index contributed by atoms with van der Waals surface area (Å²) >= 11 is 0. The first-order valence-electron chi connectivity index (χ1n) is 2.45. The number of aliphatic hydroxyl groups is 1. The first kappa shape index (κ1) is 7.85. The zero-order valence-corrected chi connectivity index (χ0v) is 5.02. The van der Waals surface area contributed by atoms with E-state index < -0.39 is 18.4 Å². The molecule has 0 saturated carbocycles. The first-order valence-corrected chi connectivity index (χ1v) is 2.45. The minimum Gasteiger partial charge on any atom is -0.385 e. The molecule has 0 aliphatic rings. The minimum atomic E-state index is -1.68. The van der Waals surface area contributed by atoms with E-state index in [1.807, 2.05) is 0 Å². The van der Waals surface area contributed by atoms with Gasteiger partial charge in [-0.05, 0) is 13.8 Å². The Hall–Kier alpha value is -0.150. The summed E-state index contributed by atoms with van der Waals surface area (Å²) in [6.07, 6.45) is -1.26. The first-order chi connectivity index (χ1) is 3.50. The van der Waals surface area contributed by atoms with Crippen LogP contribution in [0.5, 0.6) is 0 Å². The molecule has 2 atom stereocenters. The fourth-order valence-corrected chi connectivity index (χ4v) is 0.109. The van der Waals surface area contributed by atoms with Crippen LogP contribution in [0.15, 0.2) is 0 Å². The molecule has 0 aromatic carbocycles. The summed E-state index contributed by atoms with van der Waals surface area (Å²) in [5.41, 5.74) is -1.68. The highest BCUT2D eigenvalue weighted by molar-refractivity contribution is 4.76. The second-order valence-corrected chi connectivity index (χ2v) is 2.13. The van der Waals surface area contributed by atoms with E-state index in [0.717, 1.165) is 0 Å². The highest BCUT2D eigenvalue weighted by Gasteiger charge is 2.27. The lowest BCUT2D eigenvalue weighted by Gasteiger charge is -2.19. The SMILES string of the molecule is CC([O])C(C)(O)CF. The molecule has 0 saturated heterocycles. The fraction of sp³-hybridized carbons (Fsp3) is 1.00. The molecule has 2 unspecified atom stereocenters. The highest BCUT2D eigenvalue weighted by atomic mass is 19.1. The van der Waals surface area contributed by atoms with Crippen LogP contribution in [0.25, 0.3) is 0 Å². The standard InChI is InChI=1S/C5H10FO2/c1-4(7)5(2,8)3-6/h4,8H,3H2,1-2H3. The normalized spacial score (nSPS) is 22.1. The molecule has 0 spiro atoms. The molecule has 8 heavy (non-hydrogen) atoms. The van der Waals surface area contributed by atoms with E-state index in [1.165, 1.54) is 13.8 Å². The van der Waals surface area contributed by atoms with Crippen LogP contribution in [-0.4, -0.2) is 23.5 Å². The maximum Gasteiger partial charge on any atom is 0.121 e. The van der Waals surface area contributed by atoms with Crippen molar-refractivity contribution in [1.82, 2.24) is 0 Å². The van der Waals surface area contributed by atoms with E-state index in [9.17, 15) is 9.50 Å². The highest BCUT2D eigenvalue weighted by Crippen LogP contribution is 2.09. The van der Waals surface area contributed by atoms with Crippen molar-refractivity contribution >= 4 is 0 Å². The maximum atomic E-state index is 11.6. The fourth-order valence-electron chi connectivity index (χ4n) is 0.109. The van der Waals surface area contributed by atoms with Crippen LogP contribution in [0.2, 0.25) is 0 Å². The summed E-state index contributed by atoms with van der Waals surface area (Å²) in [7, 11) is 0. The number of alkyl halides is 1. The average Bonchev–Trinajstić information content (AvgIpc) is 1.67. The lowest BCUT2D eigenvalue weighted by Crippen LogP contribution is -2.38. The molecule has 1 N–H and O–H groups in total. The topological polar surface area (TPSA) is 40.1 Å². The maximum absolute atomic E-state index is 11.6. The molecule has 49 valence electrons. The van der Waals surface area contributed by atoms with Gasteiger partial charge in [0.15, 0.2) is 0 Å². The Morgan fingerprint density at radius 2 is 2.25 bits per heavy atom. The van der Waals surface area contributed by atoms with Gasteiger partial charge in [-0.25, -0.2) is 9.50 Å². The number of halogens is 1. The van der Waals surface area contributed by atoms with E-state index in [-0.39, 0.29) is 0 Å². The van der Waals surface area contributed by atoms with Crippen molar-refractivity contribution < 1.29 is 14.6 Å². The quantitative estimate of drug-likeness (QED) is 0.568. The third kappa shape index (κ3) is 1.76. The van der Waals surface area contributed by atoms with Crippen molar-refractivity contribution in [1.29, 1.82) is 0 Å². The van der Waals surface area contributed by atoms with Gasteiger partial charge in [-0.1, -0.05) is 0 Å². The van der Waals surface area contributed by atoms with Gasteiger partial charge in [-0.2, -0.15) is 0 Å². The zero-order chi connectivity index (χ0) is 6.78.